The van der Waals surface area contributed by atoms with E-state index in [9.17, 15) is 9.59 Å². The highest BCUT2D eigenvalue weighted by molar-refractivity contribution is 6.36. The van der Waals surface area contributed by atoms with E-state index in [-0.39, 0.29) is 18.1 Å². The fourth-order valence-electron chi connectivity index (χ4n) is 3.68. The Hall–Kier alpha value is -2.24. The molecule has 4 rings (SSSR count). The summed E-state index contributed by atoms with van der Waals surface area (Å²) in [7, 11) is 1.56. The van der Waals surface area contributed by atoms with Crippen LogP contribution in [0.15, 0.2) is 36.4 Å². The van der Waals surface area contributed by atoms with Gasteiger partial charge in [-0.25, -0.2) is 0 Å². The molecule has 27 heavy (non-hydrogen) atoms. The summed E-state index contributed by atoms with van der Waals surface area (Å²) in [5, 5.41) is 0.786. The number of hydrogen-bond acceptors (Lipinski definition) is 4. The first kappa shape index (κ1) is 18.1. The van der Waals surface area contributed by atoms with Crippen LogP contribution in [0.1, 0.15) is 33.6 Å². The third kappa shape index (κ3) is 3.26. The van der Waals surface area contributed by atoms with E-state index in [2.05, 4.69) is 0 Å². The van der Waals surface area contributed by atoms with Crippen molar-refractivity contribution in [3.63, 3.8) is 0 Å². The van der Waals surface area contributed by atoms with Crippen LogP contribution in [0.25, 0.3) is 0 Å². The molecule has 0 radical (unpaired) electrons. The zero-order chi connectivity index (χ0) is 19.2. The quantitative estimate of drug-likeness (QED) is 0.748. The Balaban J connectivity index is 1.56. The van der Waals surface area contributed by atoms with Gasteiger partial charge in [0.25, 0.3) is 5.91 Å². The van der Waals surface area contributed by atoms with Crippen LogP contribution in [0.3, 0.4) is 0 Å². The Morgan fingerprint density at radius 2 is 2.04 bits per heavy atom. The number of nitrogens with zero attached hydrogens (tertiary/aromatic N) is 1. The average Bonchev–Trinajstić information content (AvgIpc) is 3.04. The van der Waals surface area contributed by atoms with Crippen molar-refractivity contribution in [1.82, 2.24) is 4.90 Å². The fraction of sp³-hybridized carbons (Fsp3) is 0.300. The van der Waals surface area contributed by atoms with Gasteiger partial charge in [-0.1, -0.05) is 23.2 Å². The molecule has 0 aliphatic carbocycles. The Bertz CT molecular complexity index is 946. The molecule has 1 amide bonds. The summed E-state index contributed by atoms with van der Waals surface area (Å²) < 4.78 is 11.4. The number of carbonyl (C=O) groups is 2. The molecule has 1 fully saturated rings. The van der Waals surface area contributed by atoms with Crippen LogP contribution in [0.4, 0.5) is 0 Å². The maximum absolute atomic E-state index is 12.9. The number of Topliss-reactive ketones (excluding diaryl/α,β-unsaturated/α-hetero) is 1. The molecule has 2 aliphatic rings. The molecule has 1 atom stereocenters. The monoisotopic (exact) mass is 405 g/mol. The molecule has 0 bridgehead atoms. The fourth-order valence-corrected chi connectivity index (χ4v) is 4.17. The number of ketones is 1. The second-order valence-corrected chi connectivity index (χ2v) is 7.69. The molecule has 2 heterocycles. The number of fused-ring (bicyclic) bond motifs is 1. The first-order chi connectivity index (χ1) is 12.9. The highest BCUT2D eigenvalue weighted by Crippen LogP contribution is 2.40. The minimum atomic E-state index is -0.701. The van der Waals surface area contributed by atoms with Gasteiger partial charge in [0.1, 0.15) is 17.1 Å². The molecule has 1 spiro atoms. The van der Waals surface area contributed by atoms with E-state index in [0.717, 1.165) is 0 Å². The SMILES string of the molecule is COc1ccc2c(c1)C(=O)CC1(CCN(C(=O)c3ccc(Cl)cc3Cl)C1)O2. The molecule has 2 aromatic carbocycles. The van der Waals surface area contributed by atoms with Crippen molar-refractivity contribution < 1.29 is 19.1 Å². The minimum Gasteiger partial charge on any atom is -0.497 e. The second-order valence-electron chi connectivity index (χ2n) is 6.85. The van der Waals surface area contributed by atoms with Gasteiger partial charge in [-0.05, 0) is 36.4 Å². The first-order valence-electron chi connectivity index (χ1n) is 8.55. The van der Waals surface area contributed by atoms with Crippen LogP contribution in [0.2, 0.25) is 10.0 Å². The summed E-state index contributed by atoms with van der Waals surface area (Å²) in [5.74, 6) is 0.951. The van der Waals surface area contributed by atoms with Gasteiger partial charge in [0.15, 0.2) is 5.78 Å². The minimum absolute atomic E-state index is 0.00558. The molecule has 2 aliphatic heterocycles. The number of carbonyl (C=O) groups excluding carboxylic acids is 2. The number of methoxy groups -OCH3 is 1. The van der Waals surface area contributed by atoms with E-state index in [1.165, 1.54) is 0 Å². The molecule has 7 heteroatoms. The third-order valence-electron chi connectivity index (χ3n) is 5.06. The number of amides is 1. The number of rotatable bonds is 2. The molecule has 2 aromatic rings. The Labute approximate surface area is 166 Å². The van der Waals surface area contributed by atoms with E-state index in [1.54, 1.807) is 48.4 Å². The number of ether oxygens (including phenoxy) is 2. The second kappa shape index (κ2) is 6.73. The molecule has 5 nitrogen and oxygen atoms in total. The van der Waals surface area contributed by atoms with Crippen LogP contribution in [-0.4, -0.2) is 42.4 Å². The Kier molecular flexibility index (Phi) is 4.52. The highest BCUT2D eigenvalue weighted by atomic mass is 35.5. The molecule has 1 unspecified atom stereocenters. The molecular weight excluding hydrogens is 389 g/mol. The zero-order valence-electron chi connectivity index (χ0n) is 14.6. The topological polar surface area (TPSA) is 55.8 Å². The lowest BCUT2D eigenvalue weighted by molar-refractivity contribution is 0.0427. The lowest BCUT2D eigenvalue weighted by Gasteiger charge is -2.34. The van der Waals surface area contributed by atoms with E-state index in [4.69, 9.17) is 32.7 Å². The van der Waals surface area contributed by atoms with Gasteiger partial charge in [-0.3, -0.25) is 9.59 Å². The van der Waals surface area contributed by atoms with Crippen molar-refractivity contribution in [2.24, 2.45) is 0 Å². The average molecular weight is 406 g/mol. The lowest BCUT2D eigenvalue weighted by atomic mass is 9.89. The van der Waals surface area contributed by atoms with Crippen molar-refractivity contribution in [2.75, 3.05) is 20.2 Å². The van der Waals surface area contributed by atoms with Crippen molar-refractivity contribution >= 4 is 34.9 Å². The van der Waals surface area contributed by atoms with Crippen molar-refractivity contribution in [3.8, 4) is 11.5 Å². The maximum Gasteiger partial charge on any atom is 0.255 e. The third-order valence-corrected chi connectivity index (χ3v) is 5.61. The lowest BCUT2D eigenvalue weighted by Crippen LogP contribution is -2.45. The largest absolute Gasteiger partial charge is 0.497 e. The molecule has 0 saturated carbocycles. The molecule has 1 saturated heterocycles. The summed E-state index contributed by atoms with van der Waals surface area (Å²) in [6, 6.07) is 10.00. The van der Waals surface area contributed by atoms with Crippen LogP contribution < -0.4 is 9.47 Å². The smallest absolute Gasteiger partial charge is 0.255 e. The van der Waals surface area contributed by atoms with Crippen LogP contribution >= 0.6 is 23.2 Å². The normalized spacial score (nSPS) is 21.1. The predicted octanol–water partition coefficient (Wildman–Crippen LogP) is 4.25. The number of hydrogen-bond donors (Lipinski definition) is 0. The standard InChI is InChI=1S/C20H17Cl2NO4/c1-26-13-3-5-18-15(9-13)17(24)10-20(27-18)6-7-23(11-20)19(25)14-4-2-12(21)8-16(14)22/h2-5,8-9H,6-7,10-11H2,1H3. The van der Waals surface area contributed by atoms with Crippen molar-refractivity contribution in [3.05, 3.63) is 57.6 Å². The van der Waals surface area contributed by atoms with Gasteiger partial charge in [-0.2, -0.15) is 0 Å². The number of likely N-dealkylation sites (tertiary alicyclic amines) is 1. The molecule has 0 N–H and O–H groups in total. The van der Waals surface area contributed by atoms with Gasteiger partial charge in [0.2, 0.25) is 0 Å². The van der Waals surface area contributed by atoms with Gasteiger partial charge in [-0.15, -0.1) is 0 Å². The van der Waals surface area contributed by atoms with E-state index < -0.39 is 5.60 Å². The highest BCUT2D eigenvalue weighted by Gasteiger charge is 2.47. The van der Waals surface area contributed by atoms with E-state index in [1.807, 2.05) is 0 Å². The summed E-state index contributed by atoms with van der Waals surface area (Å²) in [4.78, 5) is 27.2. The van der Waals surface area contributed by atoms with Gasteiger partial charge >= 0.3 is 0 Å². The number of benzene rings is 2. The van der Waals surface area contributed by atoms with Crippen LogP contribution in [0.5, 0.6) is 11.5 Å². The van der Waals surface area contributed by atoms with Crippen LogP contribution in [0, 0.1) is 0 Å². The van der Waals surface area contributed by atoms with E-state index >= 15 is 0 Å². The van der Waals surface area contributed by atoms with Crippen LogP contribution in [-0.2, 0) is 0 Å². The predicted molar refractivity (Wildman–Crippen MR) is 102 cm³/mol. The Morgan fingerprint density at radius 3 is 2.78 bits per heavy atom. The molecule has 140 valence electrons. The van der Waals surface area contributed by atoms with Gasteiger partial charge < -0.3 is 14.4 Å². The summed E-state index contributed by atoms with van der Waals surface area (Å²) >= 11 is 12.1. The van der Waals surface area contributed by atoms with Crippen molar-refractivity contribution in [2.45, 2.75) is 18.4 Å². The van der Waals surface area contributed by atoms with E-state index in [0.29, 0.717) is 52.2 Å². The number of halogens is 2. The maximum atomic E-state index is 12.9. The summed E-state index contributed by atoms with van der Waals surface area (Å²) in [5.41, 5.74) is 0.212. The zero-order valence-corrected chi connectivity index (χ0v) is 16.1. The van der Waals surface area contributed by atoms with Gasteiger partial charge in [0.05, 0.1) is 36.2 Å². The first-order valence-corrected chi connectivity index (χ1v) is 9.31. The van der Waals surface area contributed by atoms with Gasteiger partial charge in [0, 0.05) is 18.0 Å². The van der Waals surface area contributed by atoms with Crippen molar-refractivity contribution in [1.29, 1.82) is 0 Å². The Morgan fingerprint density at radius 1 is 1.22 bits per heavy atom. The molecular formula is C20H17Cl2NO4. The molecule has 0 aromatic heterocycles. The summed E-state index contributed by atoms with van der Waals surface area (Å²) in [6.45, 7) is 0.832. The summed E-state index contributed by atoms with van der Waals surface area (Å²) in [6.07, 6.45) is 0.812.